The summed E-state index contributed by atoms with van der Waals surface area (Å²) in [6.07, 6.45) is 2.52. The third kappa shape index (κ3) is 4.57. The summed E-state index contributed by atoms with van der Waals surface area (Å²) in [5.41, 5.74) is 2.00. The molecule has 0 aliphatic heterocycles. The Balaban J connectivity index is 1.84. The molecular formula is C12H12FN5O4S. The first-order valence-corrected chi connectivity index (χ1v) is 7.14. The largest absolute Gasteiger partial charge is 0.475 e. The van der Waals surface area contributed by atoms with Crippen LogP contribution in [0.5, 0.6) is 5.88 Å². The van der Waals surface area contributed by atoms with Crippen LogP contribution in [0.3, 0.4) is 0 Å². The molecule has 11 heteroatoms. The van der Waals surface area contributed by atoms with Crippen molar-refractivity contribution in [1.82, 2.24) is 15.2 Å². The molecule has 2 aromatic rings. The average Bonchev–Trinajstić information content (AvgIpc) is 3.11. The van der Waals surface area contributed by atoms with Gasteiger partial charge in [0, 0.05) is 6.42 Å². The van der Waals surface area contributed by atoms with E-state index in [2.05, 4.69) is 15.6 Å². The Bertz CT molecular complexity index is 742. The molecule has 0 bridgehead atoms. The molecule has 0 radical (unpaired) electrons. The number of nitro groups is 1. The van der Waals surface area contributed by atoms with Gasteiger partial charge in [-0.15, -0.1) is 16.4 Å². The van der Waals surface area contributed by atoms with Crippen LogP contribution in [-0.2, 0) is 11.3 Å². The lowest BCUT2D eigenvalue weighted by atomic mass is 10.4. The van der Waals surface area contributed by atoms with Crippen LogP contribution in [0.15, 0.2) is 23.4 Å². The number of carbonyl (C=O) groups is 1. The Labute approximate surface area is 133 Å². The van der Waals surface area contributed by atoms with Crippen molar-refractivity contribution < 1.29 is 18.8 Å². The van der Waals surface area contributed by atoms with Crippen LogP contribution < -0.4 is 10.2 Å². The smallest absolute Gasteiger partial charge is 0.350 e. The van der Waals surface area contributed by atoms with Gasteiger partial charge in [-0.3, -0.25) is 19.6 Å². The van der Waals surface area contributed by atoms with Crippen LogP contribution in [0.1, 0.15) is 11.3 Å². The van der Waals surface area contributed by atoms with Gasteiger partial charge in [0.05, 0.1) is 29.7 Å². The molecule has 0 atom stereocenters. The normalized spacial score (nSPS) is 10.9. The van der Waals surface area contributed by atoms with Gasteiger partial charge in [-0.25, -0.2) is 5.43 Å². The summed E-state index contributed by atoms with van der Waals surface area (Å²) in [5.74, 6) is -0.524. The summed E-state index contributed by atoms with van der Waals surface area (Å²) in [6, 6.07) is 2.83. The minimum atomic E-state index is -0.618. The highest BCUT2D eigenvalue weighted by Crippen LogP contribution is 2.23. The number of hydrogen-bond acceptors (Lipinski definition) is 7. The molecule has 2 heterocycles. The number of hydrogen-bond donors (Lipinski definition) is 1. The number of rotatable bonds is 7. The number of thiophene rings is 1. The van der Waals surface area contributed by atoms with E-state index in [0.29, 0.717) is 4.88 Å². The Kier molecular flexibility index (Phi) is 5.36. The molecule has 2 aromatic heterocycles. The van der Waals surface area contributed by atoms with Crippen LogP contribution in [0, 0.1) is 15.2 Å². The average molecular weight is 341 g/mol. The Morgan fingerprint density at radius 1 is 1.65 bits per heavy atom. The van der Waals surface area contributed by atoms with Gasteiger partial charge in [-0.2, -0.15) is 9.49 Å². The Morgan fingerprint density at radius 2 is 2.43 bits per heavy atom. The fourth-order valence-corrected chi connectivity index (χ4v) is 2.22. The van der Waals surface area contributed by atoms with Gasteiger partial charge >= 0.3 is 11.6 Å². The topological polar surface area (TPSA) is 112 Å². The number of aromatic nitrogens is 2. The van der Waals surface area contributed by atoms with Crippen LogP contribution in [0.25, 0.3) is 0 Å². The molecule has 0 aliphatic carbocycles. The number of aryl methyl sites for hydroxylation is 1. The van der Waals surface area contributed by atoms with Gasteiger partial charge in [0.2, 0.25) is 5.91 Å². The molecule has 0 saturated carbocycles. The summed E-state index contributed by atoms with van der Waals surface area (Å²) in [6.45, 7) is 0.124. The van der Waals surface area contributed by atoms with Crippen molar-refractivity contribution in [2.24, 2.45) is 5.10 Å². The van der Waals surface area contributed by atoms with Crippen LogP contribution in [0.4, 0.5) is 10.1 Å². The molecule has 2 rings (SSSR count). The maximum atomic E-state index is 12.7. The summed E-state index contributed by atoms with van der Waals surface area (Å²) < 4.78 is 18.8. The van der Waals surface area contributed by atoms with Gasteiger partial charge in [0.25, 0.3) is 0 Å². The molecule has 1 N–H and O–H groups in total. The lowest BCUT2D eigenvalue weighted by Crippen LogP contribution is -2.19. The van der Waals surface area contributed by atoms with E-state index in [-0.39, 0.29) is 29.7 Å². The van der Waals surface area contributed by atoms with Crippen molar-refractivity contribution in [1.29, 1.82) is 0 Å². The fraction of sp³-hybridized carbons (Fsp3) is 0.250. The maximum Gasteiger partial charge on any atom is 0.350 e. The summed E-state index contributed by atoms with van der Waals surface area (Å²) in [4.78, 5) is 22.3. The standard InChI is InChI=1S/C12H12FN5O4S/c1-22-12-9(18(20)21)7-17(16-12)5-4-11(19)15-14-6-8-2-3-10(13)23-8/h2-3,6-7H,4-5H2,1H3,(H,15,19). The molecule has 0 fully saturated rings. The monoisotopic (exact) mass is 341 g/mol. The van der Waals surface area contributed by atoms with Crippen LogP contribution in [0.2, 0.25) is 0 Å². The van der Waals surface area contributed by atoms with Crippen molar-refractivity contribution in [2.75, 3.05) is 7.11 Å². The molecule has 0 unspecified atom stereocenters. The number of nitrogens with zero attached hydrogens (tertiary/aromatic N) is 4. The molecule has 122 valence electrons. The van der Waals surface area contributed by atoms with Gasteiger partial charge in [0.1, 0.15) is 6.20 Å². The molecule has 1 amide bonds. The fourth-order valence-electron chi connectivity index (χ4n) is 1.62. The predicted octanol–water partition coefficient (Wildman–Crippen LogP) is 1.54. The molecular weight excluding hydrogens is 329 g/mol. The third-order valence-corrected chi connectivity index (χ3v) is 3.45. The number of hydrazone groups is 1. The lowest BCUT2D eigenvalue weighted by Gasteiger charge is -1.99. The van der Waals surface area contributed by atoms with Crippen molar-refractivity contribution in [2.45, 2.75) is 13.0 Å². The first-order valence-electron chi connectivity index (χ1n) is 6.32. The van der Waals surface area contributed by atoms with Gasteiger partial charge in [-0.1, -0.05) is 0 Å². The summed E-state index contributed by atoms with van der Waals surface area (Å²) >= 11 is 0.900. The highest BCUT2D eigenvalue weighted by atomic mass is 32.1. The van der Waals surface area contributed by atoms with Gasteiger partial charge in [-0.05, 0) is 12.1 Å². The highest BCUT2D eigenvalue weighted by molar-refractivity contribution is 7.12. The maximum absolute atomic E-state index is 12.7. The molecule has 9 nitrogen and oxygen atoms in total. The number of nitrogens with one attached hydrogen (secondary N) is 1. The van der Waals surface area contributed by atoms with Gasteiger partial charge < -0.3 is 4.74 Å². The van der Waals surface area contributed by atoms with E-state index in [1.165, 1.54) is 36.3 Å². The zero-order chi connectivity index (χ0) is 16.8. The number of halogens is 1. The predicted molar refractivity (Wildman–Crippen MR) is 80.1 cm³/mol. The quantitative estimate of drug-likeness (QED) is 0.466. The lowest BCUT2D eigenvalue weighted by molar-refractivity contribution is -0.385. The van der Waals surface area contributed by atoms with Crippen LogP contribution >= 0.6 is 11.3 Å². The van der Waals surface area contributed by atoms with E-state index >= 15 is 0 Å². The Morgan fingerprint density at radius 3 is 3.00 bits per heavy atom. The Hall–Kier alpha value is -2.82. The highest BCUT2D eigenvalue weighted by Gasteiger charge is 2.20. The molecule has 23 heavy (non-hydrogen) atoms. The van der Waals surface area contributed by atoms with Gasteiger partial charge in [0.15, 0.2) is 5.13 Å². The molecule has 0 aliphatic rings. The third-order valence-electron chi connectivity index (χ3n) is 2.64. The second kappa shape index (κ2) is 7.45. The van der Waals surface area contributed by atoms with E-state index in [9.17, 15) is 19.3 Å². The first kappa shape index (κ1) is 16.5. The number of carbonyl (C=O) groups excluding carboxylic acids is 1. The van der Waals surface area contributed by atoms with Crippen molar-refractivity contribution in [3.63, 3.8) is 0 Å². The zero-order valence-corrected chi connectivity index (χ0v) is 12.7. The molecule has 0 spiro atoms. The zero-order valence-electron chi connectivity index (χ0n) is 11.9. The minimum absolute atomic E-state index is 0.0120. The van der Waals surface area contributed by atoms with E-state index in [1.54, 1.807) is 0 Å². The van der Waals surface area contributed by atoms with E-state index in [0.717, 1.165) is 11.3 Å². The number of amides is 1. The first-order chi connectivity index (χ1) is 11.0. The summed E-state index contributed by atoms with van der Waals surface area (Å²) in [5, 5.41) is 18.0. The number of ether oxygens (including phenoxy) is 1. The second-order valence-electron chi connectivity index (χ2n) is 4.23. The van der Waals surface area contributed by atoms with E-state index in [1.807, 2.05) is 0 Å². The van der Waals surface area contributed by atoms with E-state index in [4.69, 9.17) is 4.74 Å². The van der Waals surface area contributed by atoms with E-state index < -0.39 is 10.8 Å². The van der Waals surface area contributed by atoms with Crippen molar-refractivity contribution >= 4 is 29.1 Å². The minimum Gasteiger partial charge on any atom is -0.475 e. The van der Waals surface area contributed by atoms with Crippen molar-refractivity contribution in [3.8, 4) is 5.88 Å². The van der Waals surface area contributed by atoms with Crippen LogP contribution in [-0.4, -0.2) is 33.9 Å². The molecule has 0 aromatic carbocycles. The second-order valence-corrected chi connectivity index (χ2v) is 5.29. The molecule has 0 saturated heterocycles. The summed E-state index contributed by atoms with van der Waals surface area (Å²) in [7, 11) is 1.27. The van der Waals surface area contributed by atoms with Crippen molar-refractivity contribution in [3.05, 3.63) is 38.5 Å². The SMILES string of the molecule is COc1nn(CCC(=O)NN=Cc2ccc(F)s2)cc1[N+](=O)[O-]. The number of methoxy groups -OCH3 is 1.